The van der Waals surface area contributed by atoms with Crippen LogP contribution in [0.25, 0.3) is 0 Å². The summed E-state index contributed by atoms with van der Waals surface area (Å²) in [6, 6.07) is 0.188. The van der Waals surface area contributed by atoms with Gasteiger partial charge in [-0.2, -0.15) is 5.10 Å². The number of hydrogen-bond acceptors (Lipinski definition) is 3. The smallest absolute Gasteiger partial charge is 0.322 e. The zero-order chi connectivity index (χ0) is 17.1. The highest BCUT2D eigenvalue weighted by atomic mass is 16.2. The molecule has 8 nitrogen and oxygen atoms in total. The van der Waals surface area contributed by atoms with Gasteiger partial charge in [0, 0.05) is 38.9 Å². The summed E-state index contributed by atoms with van der Waals surface area (Å²) in [5.41, 5.74) is 0.721. The van der Waals surface area contributed by atoms with E-state index in [-0.39, 0.29) is 12.1 Å². The lowest BCUT2D eigenvalue weighted by atomic mass is 10.2. The summed E-state index contributed by atoms with van der Waals surface area (Å²) in [6.45, 7) is 6.85. The van der Waals surface area contributed by atoms with Gasteiger partial charge in [-0.25, -0.2) is 9.59 Å². The molecule has 1 aromatic rings. The summed E-state index contributed by atoms with van der Waals surface area (Å²) in [4.78, 5) is 27.6. The summed E-state index contributed by atoms with van der Waals surface area (Å²) in [6.07, 6.45) is 6.12. The summed E-state index contributed by atoms with van der Waals surface area (Å²) in [7, 11) is 0. The van der Waals surface area contributed by atoms with E-state index < -0.39 is 0 Å². The van der Waals surface area contributed by atoms with Gasteiger partial charge in [-0.3, -0.25) is 4.68 Å². The lowest BCUT2D eigenvalue weighted by Gasteiger charge is -2.34. The Morgan fingerprint density at radius 2 is 1.83 bits per heavy atom. The number of carbonyl (C=O) groups excluding carboxylic acids is 2. The zero-order valence-electron chi connectivity index (χ0n) is 14.4. The van der Waals surface area contributed by atoms with Crippen LogP contribution in [0.3, 0.4) is 0 Å². The van der Waals surface area contributed by atoms with Crippen LogP contribution in [0.1, 0.15) is 32.7 Å². The molecule has 4 amide bonds. The van der Waals surface area contributed by atoms with Crippen LogP contribution in [0.15, 0.2) is 12.4 Å². The van der Waals surface area contributed by atoms with Crippen molar-refractivity contribution >= 4 is 17.7 Å². The molecule has 24 heavy (non-hydrogen) atoms. The highest BCUT2D eigenvalue weighted by Crippen LogP contribution is 2.39. The van der Waals surface area contributed by atoms with Gasteiger partial charge >= 0.3 is 12.1 Å². The molecule has 2 fully saturated rings. The molecule has 2 N–H and O–H groups in total. The Morgan fingerprint density at radius 1 is 1.21 bits per heavy atom. The summed E-state index contributed by atoms with van der Waals surface area (Å²) in [5, 5.41) is 10.0. The van der Waals surface area contributed by atoms with Crippen LogP contribution < -0.4 is 10.6 Å². The first-order valence-corrected chi connectivity index (χ1v) is 8.71. The Bertz CT molecular complexity index is 589. The van der Waals surface area contributed by atoms with E-state index in [0.717, 1.165) is 11.6 Å². The second-order valence-electron chi connectivity index (χ2n) is 6.53. The number of carbonyl (C=O) groups is 2. The van der Waals surface area contributed by atoms with Gasteiger partial charge < -0.3 is 20.4 Å². The minimum Gasteiger partial charge on any atom is -0.338 e. The fraction of sp³-hybridized carbons (Fsp3) is 0.688. The molecule has 2 heterocycles. The van der Waals surface area contributed by atoms with Gasteiger partial charge in [-0.15, -0.1) is 0 Å². The van der Waals surface area contributed by atoms with E-state index in [9.17, 15) is 9.59 Å². The molecule has 0 bridgehead atoms. The van der Waals surface area contributed by atoms with Gasteiger partial charge in [0.05, 0.1) is 17.9 Å². The van der Waals surface area contributed by atoms with E-state index in [2.05, 4.69) is 22.7 Å². The van der Waals surface area contributed by atoms with Crippen LogP contribution in [0, 0.1) is 5.92 Å². The summed E-state index contributed by atoms with van der Waals surface area (Å²) < 4.78 is 1.93. The molecule has 1 aliphatic heterocycles. The maximum absolute atomic E-state index is 12.4. The number of aromatic nitrogens is 2. The quantitative estimate of drug-likeness (QED) is 0.880. The van der Waals surface area contributed by atoms with Crippen molar-refractivity contribution in [3.63, 3.8) is 0 Å². The van der Waals surface area contributed by atoms with Crippen LogP contribution in [-0.4, -0.2) is 64.4 Å². The molecule has 2 aliphatic rings. The normalized spacial score (nSPS) is 19.1. The fourth-order valence-electron chi connectivity index (χ4n) is 3.00. The molecule has 0 aromatic carbocycles. The molecule has 132 valence electrons. The fourth-order valence-corrected chi connectivity index (χ4v) is 3.00. The predicted molar refractivity (Wildman–Crippen MR) is 90.9 cm³/mol. The Balaban J connectivity index is 1.48. The van der Waals surface area contributed by atoms with E-state index in [1.165, 1.54) is 12.8 Å². The molecular formula is C16H26N6O2. The van der Waals surface area contributed by atoms with E-state index in [4.69, 9.17) is 0 Å². The lowest BCUT2D eigenvalue weighted by Crippen LogP contribution is -2.53. The van der Waals surface area contributed by atoms with Crippen molar-refractivity contribution in [3.05, 3.63) is 12.4 Å². The average molecular weight is 334 g/mol. The SMILES string of the molecule is CCNC(=O)N1CCN(C(=O)Nc2cnn(C(C)C3CC3)c2)CC1. The molecule has 1 aromatic heterocycles. The largest absolute Gasteiger partial charge is 0.338 e. The molecule has 1 saturated heterocycles. The molecule has 3 rings (SSSR count). The lowest BCUT2D eigenvalue weighted by molar-refractivity contribution is 0.149. The number of rotatable bonds is 4. The van der Waals surface area contributed by atoms with Gasteiger partial charge in [-0.05, 0) is 32.6 Å². The Morgan fingerprint density at radius 3 is 2.42 bits per heavy atom. The second-order valence-corrected chi connectivity index (χ2v) is 6.53. The Kier molecular flexibility index (Phi) is 4.92. The van der Waals surface area contributed by atoms with Crippen molar-refractivity contribution in [2.75, 3.05) is 38.0 Å². The minimum atomic E-state index is -0.135. The number of amides is 4. The molecular weight excluding hydrogens is 308 g/mol. The summed E-state index contributed by atoms with van der Waals surface area (Å²) >= 11 is 0. The van der Waals surface area contributed by atoms with Gasteiger partial charge in [0.15, 0.2) is 0 Å². The number of hydrogen-bond donors (Lipinski definition) is 2. The molecule has 1 atom stereocenters. The Hall–Kier alpha value is -2.25. The van der Waals surface area contributed by atoms with E-state index in [1.54, 1.807) is 16.0 Å². The van der Waals surface area contributed by atoms with Crippen molar-refractivity contribution in [2.45, 2.75) is 32.7 Å². The van der Waals surface area contributed by atoms with Crippen molar-refractivity contribution in [3.8, 4) is 0 Å². The van der Waals surface area contributed by atoms with E-state index >= 15 is 0 Å². The number of nitrogens with zero attached hydrogens (tertiary/aromatic N) is 4. The van der Waals surface area contributed by atoms with Crippen molar-refractivity contribution in [1.82, 2.24) is 24.9 Å². The van der Waals surface area contributed by atoms with Crippen LogP contribution in [0.2, 0.25) is 0 Å². The summed E-state index contributed by atoms with van der Waals surface area (Å²) in [5.74, 6) is 0.718. The standard InChI is InChI=1S/C16H26N6O2/c1-3-17-15(23)20-6-8-21(9-7-20)16(24)19-14-10-18-22(11-14)12(2)13-4-5-13/h10-13H,3-9H2,1-2H3,(H,17,23)(H,19,24). The second kappa shape index (κ2) is 7.11. The number of piperazine rings is 1. The van der Waals surface area contributed by atoms with Crippen LogP contribution >= 0.6 is 0 Å². The third-order valence-corrected chi connectivity index (χ3v) is 4.76. The first-order valence-electron chi connectivity index (χ1n) is 8.71. The third-order valence-electron chi connectivity index (χ3n) is 4.76. The molecule has 1 aliphatic carbocycles. The highest BCUT2D eigenvalue weighted by molar-refractivity contribution is 5.89. The number of urea groups is 2. The average Bonchev–Trinajstić information content (AvgIpc) is 3.34. The molecule has 0 spiro atoms. The Labute approximate surface area is 142 Å². The number of nitrogens with one attached hydrogen (secondary N) is 2. The molecule has 1 unspecified atom stereocenters. The minimum absolute atomic E-state index is 0.0621. The first-order chi connectivity index (χ1) is 11.6. The van der Waals surface area contributed by atoms with Gasteiger partial charge in [0.2, 0.25) is 0 Å². The van der Waals surface area contributed by atoms with Crippen molar-refractivity contribution in [2.24, 2.45) is 5.92 Å². The van der Waals surface area contributed by atoms with Crippen molar-refractivity contribution < 1.29 is 9.59 Å². The highest BCUT2D eigenvalue weighted by Gasteiger charge is 2.30. The van der Waals surface area contributed by atoms with Gasteiger partial charge in [0.1, 0.15) is 0 Å². The van der Waals surface area contributed by atoms with E-state index in [0.29, 0.717) is 38.8 Å². The van der Waals surface area contributed by atoms with Crippen LogP contribution in [0.5, 0.6) is 0 Å². The van der Waals surface area contributed by atoms with E-state index in [1.807, 2.05) is 17.8 Å². The topological polar surface area (TPSA) is 82.5 Å². The molecule has 0 radical (unpaired) electrons. The van der Waals surface area contributed by atoms with Crippen molar-refractivity contribution in [1.29, 1.82) is 0 Å². The number of anilines is 1. The van der Waals surface area contributed by atoms with Gasteiger partial charge in [0.25, 0.3) is 0 Å². The monoisotopic (exact) mass is 334 g/mol. The predicted octanol–water partition coefficient (Wildman–Crippen LogP) is 1.73. The maximum atomic E-state index is 12.4. The van der Waals surface area contributed by atoms with Crippen LogP contribution in [0.4, 0.5) is 15.3 Å². The first kappa shape index (κ1) is 16.6. The third kappa shape index (κ3) is 3.80. The maximum Gasteiger partial charge on any atom is 0.322 e. The van der Waals surface area contributed by atoms with Crippen LogP contribution in [-0.2, 0) is 0 Å². The molecule has 1 saturated carbocycles. The molecule has 8 heteroatoms. The van der Waals surface area contributed by atoms with Gasteiger partial charge in [-0.1, -0.05) is 0 Å². The zero-order valence-corrected chi connectivity index (χ0v) is 14.4.